The molecule has 2 aromatic heterocycles. The van der Waals surface area contributed by atoms with Crippen LogP contribution in [-0.2, 0) is 0 Å². The number of hydrogen-bond acceptors (Lipinski definition) is 2. The van der Waals surface area contributed by atoms with Crippen molar-refractivity contribution in [2.75, 3.05) is 0 Å². The second kappa shape index (κ2) is 6.64. The Hall–Kier alpha value is -3.00. The van der Waals surface area contributed by atoms with Crippen molar-refractivity contribution in [1.29, 1.82) is 0 Å². The van der Waals surface area contributed by atoms with E-state index < -0.39 is 0 Å². The highest BCUT2D eigenvalue weighted by atomic mass is 14.6. The zero-order chi connectivity index (χ0) is 15.2. The molecule has 2 aromatic carbocycles. The van der Waals surface area contributed by atoms with E-state index in [9.17, 15) is 0 Å². The van der Waals surface area contributed by atoms with Gasteiger partial charge in [-0.25, -0.2) is 0 Å². The maximum atomic E-state index is 4.24. The van der Waals surface area contributed by atoms with Crippen molar-refractivity contribution >= 4 is 27.9 Å². The molecule has 0 radical (unpaired) electrons. The summed E-state index contributed by atoms with van der Waals surface area (Å²) >= 11 is 0. The summed E-state index contributed by atoms with van der Waals surface area (Å²) in [5.41, 5.74) is 3.22. The zero-order valence-corrected chi connectivity index (χ0v) is 12.2. The van der Waals surface area contributed by atoms with E-state index in [4.69, 9.17) is 0 Å². The van der Waals surface area contributed by atoms with Crippen molar-refractivity contribution in [2.45, 2.75) is 0 Å². The minimum atomic E-state index is 1.02. The van der Waals surface area contributed by atoms with Gasteiger partial charge < -0.3 is 0 Å². The molecule has 22 heavy (non-hydrogen) atoms. The molecule has 0 bridgehead atoms. The number of nitrogens with zero attached hydrogens (tertiary/aromatic N) is 2. The van der Waals surface area contributed by atoms with Gasteiger partial charge in [0, 0.05) is 23.2 Å². The highest BCUT2D eigenvalue weighted by Gasteiger charge is 1.95. The van der Waals surface area contributed by atoms with Gasteiger partial charge in [0.25, 0.3) is 0 Å². The first kappa shape index (κ1) is 14.0. The van der Waals surface area contributed by atoms with Crippen LogP contribution >= 0.6 is 0 Å². The van der Waals surface area contributed by atoms with Crippen molar-refractivity contribution in [3.8, 4) is 0 Å². The molecule has 0 unspecified atom stereocenters. The van der Waals surface area contributed by atoms with E-state index in [-0.39, 0.29) is 0 Å². The van der Waals surface area contributed by atoms with Gasteiger partial charge in [0.2, 0.25) is 0 Å². The third-order valence-corrected chi connectivity index (χ3v) is 3.41. The predicted octanol–water partition coefficient (Wildman–Crippen LogP) is 5.11. The van der Waals surface area contributed by atoms with Crippen LogP contribution in [0.3, 0.4) is 0 Å². The molecule has 0 aliphatic carbocycles. The van der Waals surface area contributed by atoms with Gasteiger partial charge in [0.15, 0.2) is 0 Å². The average molecular weight is 284 g/mol. The SMILES string of the molecule is C=Cc1ccnc2ccccc12.c1ccc2ncccc2c1. The van der Waals surface area contributed by atoms with Gasteiger partial charge in [-0.1, -0.05) is 55.1 Å². The van der Waals surface area contributed by atoms with Crippen LogP contribution in [0.2, 0.25) is 0 Å². The lowest BCUT2D eigenvalue weighted by molar-refractivity contribution is 1.41. The van der Waals surface area contributed by atoms with Gasteiger partial charge in [-0.2, -0.15) is 0 Å². The summed E-state index contributed by atoms with van der Waals surface area (Å²) < 4.78 is 0. The molecule has 0 saturated heterocycles. The summed E-state index contributed by atoms with van der Waals surface area (Å²) in [6.07, 6.45) is 5.46. The first-order chi connectivity index (χ1) is 10.9. The fourth-order valence-electron chi connectivity index (χ4n) is 2.31. The summed E-state index contributed by atoms with van der Waals surface area (Å²) in [6, 6.07) is 22.1. The van der Waals surface area contributed by atoms with Crippen LogP contribution in [0.15, 0.2) is 85.7 Å². The number of benzene rings is 2. The summed E-state index contributed by atoms with van der Waals surface area (Å²) in [5.74, 6) is 0. The molecular weight excluding hydrogens is 268 g/mol. The second-order valence-electron chi connectivity index (χ2n) is 4.82. The Morgan fingerprint density at radius 3 is 2.18 bits per heavy atom. The molecule has 4 rings (SSSR count). The Morgan fingerprint density at radius 2 is 1.36 bits per heavy atom. The number of para-hydroxylation sites is 2. The lowest BCUT2D eigenvalue weighted by Crippen LogP contribution is -1.80. The van der Waals surface area contributed by atoms with Crippen LogP contribution in [0, 0.1) is 0 Å². The second-order valence-corrected chi connectivity index (χ2v) is 4.82. The summed E-state index contributed by atoms with van der Waals surface area (Å²) in [6.45, 7) is 3.75. The Bertz CT molecular complexity index is 842. The van der Waals surface area contributed by atoms with Crippen molar-refractivity contribution in [1.82, 2.24) is 9.97 Å². The third-order valence-electron chi connectivity index (χ3n) is 3.41. The third kappa shape index (κ3) is 3.01. The molecule has 2 heterocycles. The van der Waals surface area contributed by atoms with Crippen LogP contribution in [0.5, 0.6) is 0 Å². The predicted molar refractivity (Wildman–Crippen MR) is 93.6 cm³/mol. The molecular formula is C20H16N2. The van der Waals surface area contributed by atoms with Crippen LogP contribution < -0.4 is 0 Å². The fourth-order valence-corrected chi connectivity index (χ4v) is 2.31. The van der Waals surface area contributed by atoms with E-state index in [0.717, 1.165) is 22.0 Å². The van der Waals surface area contributed by atoms with Crippen LogP contribution in [0.25, 0.3) is 27.9 Å². The molecule has 0 saturated carbocycles. The molecule has 0 atom stereocenters. The van der Waals surface area contributed by atoms with E-state index >= 15 is 0 Å². The Labute approximate surface area is 129 Å². The highest BCUT2D eigenvalue weighted by molar-refractivity contribution is 5.87. The van der Waals surface area contributed by atoms with Gasteiger partial charge in [-0.15, -0.1) is 0 Å². The number of fused-ring (bicyclic) bond motifs is 2. The van der Waals surface area contributed by atoms with Crippen molar-refractivity contribution in [3.05, 3.63) is 91.3 Å². The van der Waals surface area contributed by atoms with Crippen molar-refractivity contribution in [2.24, 2.45) is 0 Å². The van der Waals surface area contributed by atoms with Gasteiger partial charge >= 0.3 is 0 Å². The van der Waals surface area contributed by atoms with Gasteiger partial charge in [-0.05, 0) is 29.8 Å². The van der Waals surface area contributed by atoms with E-state index in [1.165, 1.54) is 5.39 Å². The number of aromatic nitrogens is 2. The minimum absolute atomic E-state index is 1.02. The van der Waals surface area contributed by atoms with Gasteiger partial charge in [-0.3, -0.25) is 9.97 Å². The minimum Gasteiger partial charge on any atom is -0.256 e. The molecule has 0 aliphatic rings. The maximum absolute atomic E-state index is 4.24. The van der Waals surface area contributed by atoms with Gasteiger partial charge in [0.05, 0.1) is 11.0 Å². The first-order valence-corrected chi connectivity index (χ1v) is 7.14. The molecule has 2 heteroatoms. The van der Waals surface area contributed by atoms with Crippen LogP contribution in [0.1, 0.15) is 5.56 Å². The van der Waals surface area contributed by atoms with E-state index in [2.05, 4.69) is 34.7 Å². The van der Waals surface area contributed by atoms with E-state index in [1.54, 1.807) is 6.20 Å². The Balaban J connectivity index is 0.000000133. The van der Waals surface area contributed by atoms with E-state index in [0.29, 0.717) is 0 Å². The molecule has 106 valence electrons. The number of rotatable bonds is 1. The van der Waals surface area contributed by atoms with E-state index in [1.807, 2.05) is 60.8 Å². The molecule has 4 aromatic rings. The largest absolute Gasteiger partial charge is 0.256 e. The Morgan fingerprint density at radius 1 is 0.682 bits per heavy atom. The molecule has 0 spiro atoms. The monoisotopic (exact) mass is 284 g/mol. The quantitative estimate of drug-likeness (QED) is 0.485. The smallest absolute Gasteiger partial charge is 0.0707 e. The van der Waals surface area contributed by atoms with Crippen molar-refractivity contribution < 1.29 is 0 Å². The lowest BCUT2D eigenvalue weighted by atomic mass is 10.1. The lowest BCUT2D eigenvalue weighted by Gasteiger charge is -1.98. The first-order valence-electron chi connectivity index (χ1n) is 7.14. The number of hydrogen-bond donors (Lipinski definition) is 0. The summed E-state index contributed by atoms with van der Waals surface area (Å²) in [5, 5.41) is 2.36. The zero-order valence-electron chi connectivity index (χ0n) is 12.2. The van der Waals surface area contributed by atoms with Gasteiger partial charge in [0.1, 0.15) is 0 Å². The topological polar surface area (TPSA) is 25.8 Å². The van der Waals surface area contributed by atoms with Crippen molar-refractivity contribution in [3.63, 3.8) is 0 Å². The number of pyridine rings is 2. The summed E-state index contributed by atoms with van der Waals surface area (Å²) in [7, 11) is 0. The highest BCUT2D eigenvalue weighted by Crippen LogP contribution is 2.16. The molecule has 0 aliphatic heterocycles. The maximum Gasteiger partial charge on any atom is 0.0707 e. The molecule has 2 nitrogen and oxygen atoms in total. The van der Waals surface area contributed by atoms with Crippen LogP contribution in [0.4, 0.5) is 0 Å². The Kier molecular flexibility index (Phi) is 4.21. The fraction of sp³-hybridized carbons (Fsp3) is 0. The molecule has 0 amide bonds. The summed E-state index contributed by atoms with van der Waals surface area (Å²) in [4.78, 5) is 8.42. The molecule has 0 fully saturated rings. The van der Waals surface area contributed by atoms with Crippen LogP contribution in [-0.4, -0.2) is 9.97 Å². The molecule has 0 N–H and O–H groups in total. The standard InChI is InChI=1S/C11H9N.C9H7N/c1-2-9-7-8-12-11-6-4-3-5-10(9)11;1-2-6-9-8(4-1)5-3-7-10-9/h2-8H,1H2;1-7H. The normalized spacial score (nSPS) is 10.0. The average Bonchev–Trinajstić information content (AvgIpc) is 2.62.